The molecule has 0 fully saturated rings. The first-order valence-electron chi connectivity index (χ1n) is 4.57. The molecule has 0 saturated heterocycles. The Kier molecular flexibility index (Phi) is 3.30. The zero-order valence-corrected chi connectivity index (χ0v) is 10.9. The summed E-state index contributed by atoms with van der Waals surface area (Å²) in [5, 5.41) is 14.0. The number of aromatic hydroxyl groups is 1. The van der Waals surface area contributed by atoms with E-state index in [9.17, 15) is 9.90 Å². The van der Waals surface area contributed by atoms with Crippen LogP contribution in [0.3, 0.4) is 0 Å². The monoisotopic (exact) mass is 313 g/mol. The van der Waals surface area contributed by atoms with E-state index in [1.165, 1.54) is 17.4 Å². The lowest BCUT2D eigenvalue weighted by Gasteiger charge is -2.06. The van der Waals surface area contributed by atoms with Crippen LogP contribution >= 0.6 is 27.3 Å². The van der Waals surface area contributed by atoms with Gasteiger partial charge in [-0.2, -0.15) is 0 Å². The zero-order chi connectivity index (χ0) is 12.4. The molecule has 0 spiro atoms. The van der Waals surface area contributed by atoms with Gasteiger partial charge in [0, 0.05) is 9.85 Å². The predicted octanol–water partition coefficient (Wildman–Crippen LogP) is 2.45. The number of phenolic OH excluding ortho intramolecular Hbond substituents is 1. The maximum absolute atomic E-state index is 11.7. The molecule has 4 N–H and O–H groups in total. The number of thiazole rings is 1. The minimum Gasteiger partial charge on any atom is -0.506 e. The number of hydrogen-bond donors (Lipinski definition) is 3. The fourth-order valence-electron chi connectivity index (χ4n) is 1.19. The highest BCUT2D eigenvalue weighted by atomic mass is 79.9. The second-order valence-electron chi connectivity index (χ2n) is 3.19. The fourth-order valence-corrected chi connectivity index (χ4v) is 2.09. The second-order valence-corrected chi connectivity index (χ2v) is 4.99. The lowest BCUT2D eigenvalue weighted by Crippen LogP contribution is -2.12. The van der Waals surface area contributed by atoms with Crippen LogP contribution in [0, 0.1) is 0 Å². The van der Waals surface area contributed by atoms with E-state index in [1.54, 1.807) is 17.5 Å². The van der Waals surface area contributed by atoms with Gasteiger partial charge in [-0.25, -0.2) is 4.98 Å². The molecule has 0 aliphatic rings. The topological polar surface area (TPSA) is 88.2 Å². The Morgan fingerprint density at radius 1 is 1.53 bits per heavy atom. The molecule has 0 atom stereocenters. The number of amides is 1. The summed E-state index contributed by atoms with van der Waals surface area (Å²) in [6.07, 6.45) is 0. The van der Waals surface area contributed by atoms with Crippen LogP contribution < -0.4 is 11.1 Å². The molecule has 0 unspecified atom stereocenters. The number of carbonyl (C=O) groups is 1. The number of nitrogens with two attached hydrogens (primary N) is 1. The van der Waals surface area contributed by atoms with Crippen LogP contribution in [0.2, 0.25) is 0 Å². The SMILES string of the molecule is Nc1nc(C(=O)Nc2cc(Br)ccc2O)cs1. The molecule has 1 aromatic heterocycles. The van der Waals surface area contributed by atoms with E-state index in [-0.39, 0.29) is 11.4 Å². The van der Waals surface area contributed by atoms with Gasteiger partial charge in [-0.3, -0.25) is 4.79 Å². The van der Waals surface area contributed by atoms with Crippen molar-refractivity contribution in [2.75, 3.05) is 11.1 Å². The van der Waals surface area contributed by atoms with Crippen LogP contribution in [0.1, 0.15) is 10.5 Å². The van der Waals surface area contributed by atoms with Gasteiger partial charge < -0.3 is 16.2 Å². The molecular weight excluding hydrogens is 306 g/mol. The van der Waals surface area contributed by atoms with Crippen molar-refractivity contribution in [3.8, 4) is 5.75 Å². The average Bonchev–Trinajstić information content (AvgIpc) is 2.70. The molecule has 2 rings (SSSR count). The van der Waals surface area contributed by atoms with E-state index in [4.69, 9.17) is 5.73 Å². The Bertz CT molecular complexity index is 570. The van der Waals surface area contributed by atoms with Crippen LogP contribution in [0.15, 0.2) is 28.1 Å². The van der Waals surface area contributed by atoms with E-state index in [0.717, 1.165) is 4.47 Å². The van der Waals surface area contributed by atoms with Crippen molar-refractivity contribution in [3.05, 3.63) is 33.7 Å². The average molecular weight is 314 g/mol. The predicted molar refractivity (Wildman–Crippen MR) is 70.3 cm³/mol. The van der Waals surface area contributed by atoms with Gasteiger partial charge in [0.1, 0.15) is 11.4 Å². The van der Waals surface area contributed by atoms with Crippen LogP contribution in [0.4, 0.5) is 10.8 Å². The zero-order valence-electron chi connectivity index (χ0n) is 8.48. The van der Waals surface area contributed by atoms with Crippen molar-refractivity contribution in [1.29, 1.82) is 0 Å². The van der Waals surface area contributed by atoms with Gasteiger partial charge >= 0.3 is 0 Å². The highest BCUT2D eigenvalue weighted by molar-refractivity contribution is 9.10. The van der Waals surface area contributed by atoms with Crippen LogP contribution in [-0.4, -0.2) is 16.0 Å². The number of aromatic nitrogens is 1. The summed E-state index contributed by atoms with van der Waals surface area (Å²) in [6, 6.07) is 4.75. The number of hydrogen-bond acceptors (Lipinski definition) is 5. The molecule has 1 amide bonds. The molecule has 0 aliphatic heterocycles. The largest absolute Gasteiger partial charge is 0.506 e. The Morgan fingerprint density at radius 3 is 2.94 bits per heavy atom. The first-order valence-corrected chi connectivity index (χ1v) is 6.24. The molecule has 0 bridgehead atoms. The highest BCUT2D eigenvalue weighted by Gasteiger charge is 2.12. The molecule has 5 nitrogen and oxygen atoms in total. The van der Waals surface area contributed by atoms with E-state index in [2.05, 4.69) is 26.2 Å². The summed E-state index contributed by atoms with van der Waals surface area (Å²) in [5.74, 6) is -0.420. The third-order valence-electron chi connectivity index (χ3n) is 1.96. The van der Waals surface area contributed by atoms with E-state index >= 15 is 0 Å². The van der Waals surface area contributed by atoms with Crippen molar-refractivity contribution < 1.29 is 9.90 Å². The standard InChI is InChI=1S/C10H8BrN3O2S/c11-5-1-2-8(15)6(3-5)13-9(16)7-4-17-10(12)14-7/h1-4,15H,(H2,12,14)(H,13,16). The lowest BCUT2D eigenvalue weighted by atomic mass is 10.3. The van der Waals surface area contributed by atoms with Gasteiger partial charge in [-0.05, 0) is 18.2 Å². The van der Waals surface area contributed by atoms with Crippen molar-refractivity contribution in [3.63, 3.8) is 0 Å². The van der Waals surface area contributed by atoms with Gasteiger partial charge in [0.25, 0.3) is 5.91 Å². The summed E-state index contributed by atoms with van der Waals surface area (Å²) in [4.78, 5) is 15.6. The number of benzene rings is 1. The second kappa shape index (κ2) is 4.72. The summed E-state index contributed by atoms with van der Waals surface area (Å²) < 4.78 is 0.753. The molecule has 88 valence electrons. The number of anilines is 2. The molecule has 1 aromatic carbocycles. The van der Waals surface area contributed by atoms with Gasteiger partial charge in [-0.1, -0.05) is 15.9 Å². The molecular formula is C10H8BrN3O2S. The first-order chi connectivity index (χ1) is 8.06. The van der Waals surface area contributed by atoms with Crippen LogP contribution in [0.25, 0.3) is 0 Å². The Morgan fingerprint density at radius 2 is 2.29 bits per heavy atom. The molecule has 17 heavy (non-hydrogen) atoms. The maximum atomic E-state index is 11.7. The van der Waals surface area contributed by atoms with E-state index in [0.29, 0.717) is 10.8 Å². The third-order valence-corrected chi connectivity index (χ3v) is 3.13. The fraction of sp³-hybridized carbons (Fsp3) is 0. The Balaban J connectivity index is 2.21. The Hall–Kier alpha value is -1.60. The van der Waals surface area contributed by atoms with E-state index in [1.807, 2.05) is 0 Å². The summed E-state index contributed by atoms with van der Waals surface area (Å²) in [5.41, 5.74) is 5.98. The maximum Gasteiger partial charge on any atom is 0.275 e. The number of phenols is 1. The molecule has 0 saturated carbocycles. The molecule has 0 radical (unpaired) electrons. The normalized spacial score (nSPS) is 10.2. The van der Waals surface area contributed by atoms with E-state index < -0.39 is 5.91 Å². The number of nitrogens with one attached hydrogen (secondary N) is 1. The number of halogens is 1. The minimum absolute atomic E-state index is 0.00949. The number of nitrogen functional groups attached to an aromatic ring is 1. The first kappa shape index (κ1) is 11.9. The van der Waals surface area contributed by atoms with Gasteiger partial charge in [0.15, 0.2) is 5.13 Å². The smallest absolute Gasteiger partial charge is 0.275 e. The highest BCUT2D eigenvalue weighted by Crippen LogP contribution is 2.27. The van der Waals surface area contributed by atoms with Crippen LogP contribution in [-0.2, 0) is 0 Å². The molecule has 0 aliphatic carbocycles. The number of rotatable bonds is 2. The van der Waals surface area contributed by atoms with Crippen LogP contribution in [0.5, 0.6) is 5.75 Å². The summed E-state index contributed by atoms with van der Waals surface area (Å²) in [6.45, 7) is 0. The van der Waals surface area contributed by atoms with Crippen molar-refractivity contribution in [1.82, 2.24) is 4.98 Å². The van der Waals surface area contributed by atoms with Crippen molar-refractivity contribution in [2.45, 2.75) is 0 Å². The number of carbonyl (C=O) groups excluding carboxylic acids is 1. The minimum atomic E-state index is -0.411. The lowest BCUT2D eigenvalue weighted by molar-refractivity contribution is 0.102. The summed E-state index contributed by atoms with van der Waals surface area (Å²) >= 11 is 4.44. The number of nitrogens with zero attached hydrogens (tertiary/aromatic N) is 1. The van der Waals surface area contributed by atoms with Gasteiger partial charge in [0.05, 0.1) is 5.69 Å². The summed E-state index contributed by atoms with van der Waals surface area (Å²) in [7, 11) is 0. The van der Waals surface area contributed by atoms with Crippen molar-refractivity contribution >= 4 is 44.0 Å². The molecule has 2 aromatic rings. The van der Waals surface area contributed by atoms with Gasteiger partial charge in [0.2, 0.25) is 0 Å². The quantitative estimate of drug-likeness (QED) is 0.743. The Labute approximate surface area is 109 Å². The molecule has 7 heteroatoms. The molecule has 1 heterocycles. The van der Waals surface area contributed by atoms with Crippen molar-refractivity contribution in [2.24, 2.45) is 0 Å². The van der Waals surface area contributed by atoms with Gasteiger partial charge in [-0.15, -0.1) is 11.3 Å². The third kappa shape index (κ3) is 2.75.